The number of fused-ring (bicyclic) bond motifs is 1. The average molecular weight is 348 g/mol. The Morgan fingerprint density at radius 3 is 2.73 bits per heavy atom. The third-order valence-corrected chi connectivity index (χ3v) is 4.56. The first kappa shape index (κ1) is 16.5. The highest BCUT2D eigenvalue weighted by atomic mass is 16.5. The molecule has 0 aliphatic carbocycles. The molecule has 1 aliphatic heterocycles. The summed E-state index contributed by atoms with van der Waals surface area (Å²) in [6.07, 6.45) is -0.0751. The van der Waals surface area contributed by atoms with Crippen LogP contribution in [0.15, 0.2) is 54.6 Å². The molecule has 4 rings (SSSR count). The maximum absolute atomic E-state index is 12.5. The number of nitrogens with one attached hydrogen (secondary N) is 1. The molecule has 1 unspecified atom stereocenters. The average Bonchev–Trinajstić information content (AvgIpc) is 3.11. The van der Waals surface area contributed by atoms with E-state index in [1.165, 1.54) is 5.56 Å². The number of hydrogen-bond acceptors (Lipinski definition) is 4. The van der Waals surface area contributed by atoms with Crippen LogP contribution in [0, 0.1) is 6.92 Å². The van der Waals surface area contributed by atoms with Crippen LogP contribution in [-0.4, -0.2) is 20.9 Å². The minimum atomic E-state index is -0.228. The van der Waals surface area contributed by atoms with Gasteiger partial charge >= 0.3 is 0 Å². The van der Waals surface area contributed by atoms with E-state index in [0.717, 1.165) is 16.8 Å². The zero-order valence-corrected chi connectivity index (χ0v) is 14.6. The van der Waals surface area contributed by atoms with Crippen molar-refractivity contribution in [2.75, 3.05) is 0 Å². The Morgan fingerprint density at radius 2 is 1.96 bits per heavy atom. The van der Waals surface area contributed by atoms with Crippen LogP contribution in [0.5, 0.6) is 0 Å². The normalized spacial score (nSPS) is 16.1. The molecule has 2 heterocycles. The molecule has 1 aromatic heterocycles. The second-order valence-corrected chi connectivity index (χ2v) is 6.45. The molecule has 6 nitrogen and oxygen atoms in total. The molecule has 132 valence electrons. The van der Waals surface area contributed by atoms with Crippen LogP contribution in [0.2, 0.25) is 0 Å². The Bertz CT molecular complexity index is 903. The number of aryl methyl sites for hydroxylation is 1. The van der Waals surface area contributed by atoms with Crippen LogP contribution in [0.25, 0.3) is 0 Å². The van der Waals surface area contributed by atoms with E-state index in [2.05, 4.69) is 15.6 Å². The summed E-state index contributed by atoms with van der Waals surface area (Å²) in [6, 6.07) is 18.1. The smallest absolute Gasteiger partial charge is 0.274 e. The zero-order chi connectivity index (χ0) is 17.9. The number of benzene rings is 2. The molecular weight excluding hydrogens is 328 g/mol. The van der Waals surface area contributed by atoms with E-state index < -0.39 is 0 Å². The molecule has 1 N–H and O–H groups in total. The van der Waals surface area contributed by atoms with Gasteiger partial charge in [-0.3, -0.25) is 4.79 Å². The largest absolute Gasteiger partial charge is 0.365 e. The van der Waals surface area contributed by atoms with Crippen LogP contribution in [-0.2, 0) is 24.4 Å². The predicted octanol–water partition coefficient (Wildman–Crippen LogP) is 2.79. The van der Waals surface area contributed by atoms with Crippen LogP contribution in [0.3, 0.4) is 0 Å². The van der Waals surface area contributed by atoms with E-state index in [4.69, 9.17) is 4.74 Å². The Morgan fingerprint density at radius 1 is 1.19 bits per heavy atom. The van der Waals surface area contributed by atoms with Crippen LogP contribution in [0.1, 0.15) is 39.0 Å². The molecule has 0 saturated carbocycles. The summed E-state index contributed by atoms with van der Waals surface area (Å²) in [7, 11) is 0. The summed E-state index contributed by atoms with van der Waals surface area (Å²) in [6.45, 7) is 3.37. The van der Waals surface area contributed by atoms with Gasteiger partial charge in [0.25, 0.3) is 5.91 Å². The SMILES string of the molecule is Cc1ccc(CNC(=O)c2nnn3c2COC(c2ccccc2)C3)cc1. The Labute approximate surface area is 151 Å². The molecule has 3 aromatic rings. The van der Waals surface area contributed by atoms with E-state index in [-0.39, 0.29) is 12.0 Å². The molecule has 0 spiro atoms. The van der Waals surface area contributed by atoms with Crippen molar-refractivity contribution in [3.8, 4) is 0 Å². The fraction of sp³-hybridized carbons (Fsp3) is 0.250. The number of hydrogen-bond donors (Lipinski definition) is 1. The summed E-state index contributed by atoms with van der Waals surface area (Å²) in [4.78, 5) is 12.5. The van der Waals surface area contributed by atoms with Crippen molar-refractivity contribution in [3.05, 3.63) is 82.7 Å². The number of rotatable bonds is 4. The molecule has 2 aromatic carbocycles. The van der Waals surface area contributed by atoms with E-state index in [1.807, 2.05) is 61.5 Å². The lowest BCUT2D eigenvalue weighted by Crippen LogP contribution is -2.27. The quantitative estimate of drug-likeness (QED) is 0.787. The number of aromatic nitrogens is 3. The Balaban J connectivity index is 1.44. The minimum absolute atomic E-state index is 0.0751. The van der Waals surface area contributed by atoms with Crippen molar-refractivity contribution in [2.45, 2.75) is 32.7 Å². The minimum Gasteiger partial charge on any atom is -0.365 e. The maximum Gasteiger partial charge on any atom is 0.274 e. The van der Waals surface area contributed by atoms with Gasteiger partial charge in [-0.25, -0.2) is 4.68 Å². The highest BCUT2D eigenvalue weighted by Crippen LogP contribution is 2.26. The topological polar surface area (TPSA) is 69.0 Å². The van der Waals surface area contributed by atoms with Gasteiger partial charge in [-0.1, -0.05) is 65.4 Å². The summed E-state index contributed by atoms with van der Waals surface area (Å²) in [5, 5.41) is 11.1. The lowest BCUT2D eigenvalue weighted by atomic mass is 10.1. The Kier molecular flexibility index (Phi) is 4.50. The number of carbonyl (C=O) groups is 1. The first-order valence-electron chi connectivity index (χ1n) is 8.63. The first-order valence-corrected chi connectivity index (χ1v) is 8.63. The van der Waals surface area contributed by atoms with Crippen LogP contribution >= 0.6 is 0 Å². The summed E-state index contributed by atoms with van der Waals surface area (Å²) < 4.78 is 7.70. The van der Waals surface area contributed by atoms with Gasteiger partial charge in [0.2, 0.25) is 0 Å². The second-order valence-electron chi connectivity index (χ2n) is 6.45. The van der Waals surface area contributed by atoms with Crippen LogP contribution in [0.4, 0.5) is 0 Å². The van der Waals surface area contributed by atoms with Crippen molar-refractivity contribution in [3.63, 3.8) is 0 Å². The molecular formula is C20H20N4O2. The summed E-state index contributed by atoms with van der Waals surface area (Å²) >= 11 is 0. The Hall–Kier alpha value is -2.99. The van der Waals surface area contributed by atoms with Crippen molar-refractivity contribution in [1.29, 1.82) is 0 Å². The fourth-order valence-corrected chi connectivity index (χ4v) is 3.03. The summed E-state index contributed by atoms with van der Waals surface area (Å²) in [5.74, 6) is -0.228. The maximum atomic E-state index is 12.5. The van der Waals surface area contributed by atoms with Gasteiger partial charge in [-0.15, -0.1) is 5.10 Å². The molecule has 1 atom stereocenters. The lowest BCUT2D eigenvalue weighted by molar-refractivity contribution is -0.00177. The molecule has 0 bridgehead atoms. The van der Waals surface area contributed by atoms with Gasteiger partial charge < -0.3 is 10.1 Å². The van der Waals surface area contributed by atoms with E-state index in [9.17, 15) is 4.79 Å². The lowest BCUT2D eigenvalue weighted by Gasteiger charge is -2.24. The highest BCUT2D eigenvalue weighted by Gasteiger charge is 2.27. The number of nitrogens with zero attached hydrogens (tertiary/aromatic N) is 3. The molecule has 0 fully saturated rings. The van der Waals surface area contributed by atoms with Crippen molar-refractivity contribution in [1.82, 2.24) is 20.3 Å². The van der Waals surface area contributed by atoms with Gasteiger partial charge in [0.05, 0.1) is 18.8 Å². The third kappa shape index (κ3) is 3.36. The van der Waals surface area contributed by atoms with Gasteiger partial charge in [-0.2, -0.15) is 0 Å². The number of carbonyl (C=O) groups excluding carboxylic acids is 1. The zero-order valence-electron chi connectivity index (χ0n) is 14.6. The molecule has 6 heteroatoms. The highest BCUT2D eigenvalue weighted by molar-refractivity contribution is 5.93. The molecule has 0 saturated heterocycles. The number of amides is 1. The van der Waals surface area contributed by atoms with Gasteiger partial charge in [0.15, 0.2) is 5.69 Å². The first-order chi connectivity index (χ1) is 12.7. The van der Waals surface area contributed by atoms with Crippen LogP contribution < -0.4 is 5.32 Å². The van der Waals surface area contributed by atoms with Crippen molar-refractivity contribution in [2.24, 2.45) is 0 Å². The molecule has 1 aliphatic rings. The van der Waals surface area contributed by atoms with Gasteiger partial charge in [0.1, 0.15) is 6.10 Å². The van der Waals surface area contributed by atoms with E-state index in [1.54, 1.807) is 4.68 Å². The fourth-order valence-electron chi connectivity index (χ4n) is 3.03. The summed E-state index contributed by atoms with van der Waals surface area (Å²) in [5.41, 5.74) is 4.39. The van der Waals surface area contributed by atoms with Gasteiger partial charge in [-0.05, 0) is 18.1 Å². The second kappa shape index (κ2) is 7.09. The van der Waals surface area contributed by atoms with Crippen molar-refractivity contribution >= 4 is 5.91 Å². The van der Waals surface area contributed by atoms with Crippen molar-refractivity contribution < 1.29 is 9.53 Å². The monoisotopic (exact) mass is 348 g/mol. The van der Waals surface area contributed by atoms with E-state index in [0.29, 0.717) is 25.4 Å². The molecule has 26 heavy (non-hydrogen) atoms. The molecule has 1 amide bonds. The molecule has 0 radical (unpaired) electrons. The number of ether oxygens (including phenoxy) is 1. The predicted molar refractivity (Wildman–Crippen MR) is 96.3 cm³/mol. The third-order valence-electron chi connectivity index (χ3n) is 4.56. The standard InChI is InChI=1S/C20H20N4O2/c1-14-7-9-15(10-8-14)11-21-20(25)19-17-13-26-18(12-24(17)23-22-19)16-5-3-2-4-6-16/h2-10,18H,11-13H2,1H3,(H,21,25). The van der Waals surface area contributed by atoms with Gasteiger partial charge in [0, 0.05) is 6.54 Å². The van der Waals surface area contributed by atoms with E-state index >= 15 is 0 Å².